The molecule has 0 aliphatic rings. The molecular formula is C13H15N3O2. The van der Waals surface area contributed by atoms with Gasteiger partial charge in [0.2, 0.25) is 0 Å². The SMILES string of the molecule is CCn1ncc(N)c1C(=O)Oc1ccc(C)cc1. The number of benzene rings is 1. The normalized spacial score (nSPS) is 10.3. The second-order valence-electron chi connectivity index (χ2n) is 3.97. The molecule has 2 N–H and O–H groups in total. The van der Waals surface area contributed by atoms with Gasteiger partial charge >= 0.3 is 5.97 Å². The van der Waals surface area contributed by atoms with Gasteiger partial charge in [-0.1, -0.05) is 17.7 Å². The van der Waals surface area contributed by atoms with Crippen LogP contribution in [-0.2, 0) is 6.54 Å². The van der Waals surface area contributed by atoms with Crippen molar-refractivity contribution in [2.45, 2.75) is 20.4 Å². The van der Waals surface area contributed by atoms with E-state index in [9.17, 15) is 4.79 Å². The fourth-order valence-corrected chi connectivity index (χ4v) is 1.62. The van der Waals surface area contributed by atoms with Gasteiger partial charge < -0.3 is 10.5 Å². The maximum absolute atomic E-state index is 12.0. The van der Waals surface area contributed by atoms with E-state index >= 15 is 0 Å². The van der Waals surface area contributed by atoms with Crippen molar-refractivity contribution >= 4 is 11.7 Å². The molecule has 1 aromatic heterocycles. The minimum Gasteiger partial charge on any atom is -0.422 e. The lowest BCUT2D eigenvalue weighted by Gasteiger charge is -2.06. The highest BCUT2D eigenvalue weighted by Crippen LogP contribution is 2.17. The summed E-state index contributed by atoms with van der Waals surface area (Å²) in [4.78, 5) is 12.0. The first-order valence-corrected chi connectivity index (χ1v) is 5.72. The van der Waals surface area contributed by atoms with Crippen LogP contribution in [0.3, 0.4) is 0 Å². The number of hydrogen-bond donors (Lipinski definition) is 1. The van der Waals surface area contributed by atoms with Crippen LogP contribution in [0.5, 0.6) is 5.75 Å². The quantitative estimate of drug-likeness (QED) is 0.663. The second-order valence-corrected chi connectivity index (χ2v) is 3.97. The van der Waals surface area contributed by atoms with E-state index in [2.05, 4.69) is 5.10 Å². The molecule has 0 atom stereocenters. The number of nitrogens with two attached hydrogens (primary N) is 1. The number of carbonyl (C=O) groups excluding carboxylic acids is 1. The third-order valence-corrected chi connectivity index (χ3v) is 2.59. The van der Waals surface area contributed by atoms with Crippen molar-refractivity contribution in [2.75, 3.05) is 5.73 Å². The molecule has 1 heterocycles. The lowest BCUT2D eigenvalue weighted by Crippen LogP contribution is -2.16. The van der Waals surface area contributed by atoms with Crippen LogP contribution in [0.4, 0.5) is 5.69 Å². The molecule has 0 radical (unpaired) electrons. The van der Waals surface area contributed by atoms with Gasteiger partial charge in [-0.05, 0) is 26.0 Å². The largest absolute Gasteiger partial charge is 0.422 e. The Balaban J connectivity index is 2.21. The molecule has 1 aromatic carbocycles. The van der Waals surface area contributed by atoms with E-state index < -0.39 is 5.97 Å². The lowest BCUT2D eigenvalue weighted by atomic mass is 10.2. The fourth-order valence-electron chi connectivity index (χ4n) is 1.62. The highest BCUT2D eigenvalue weighted by Gasteiger charge is 2.18. The molecule has 0 aliphatic carbocycles. The Kier molecular flexibility index (Phi) is 3.32. The topological polar surface area (TPSA) is 70.1 Å². The molecule has 5 heteroatoms. The van der Waals surface area contributed by atoms with Gasteiger partial charge in [-0.2, -0.15) is 5.10 Å². The molecule has 2 rings (SSSR count). The summed E-state index contributed by atoms with van der Waals surface area (Å²) in [6.07, 6.45) is 1.45. The Morgan fingerprint density at radius 1 is 1.39 bits per heavy atom. The number of hydrogen-bond acceptors (Lipinski definition) is 4. The molecule has 0 bridgehead atoms. The first-order chi connectivity index (χ1) is 8.61. The number of anilines is 1. The van der Waals surface area contributed by atoms with E-state index in [0.29, 0.717) is 18.0 Å². The zero-order valence-corrected chi connectivity index (χ0v) is 10.4. The minimum absolute atomic E-state index is 0.290. The van der Waals surface area contributed by atoms with Crippen molar-refractivity contribution in [1.82, 2.24) is 9.78 Å². The van der Waals surface area contributed by atoms with Crippen molar-refractivity contribution in [3.63, 3.8) is 0 Å². The second kappa shape index (κ2) is 4.91. The number of carbonyl (C=O) groups is 1. The van der Waals surface area contributed by atoms with Gasteiger partial charge in [-0.25, -0.2) is 4.79 Å². The fraction of sp³-hybridized carbons (Fsp3) is 0.231. The van der Waals surface area contributed by atoms with Crippen LogP contribution in [0.15, 0.2) is 30.5 Å². The van der Waals surface area contributed by atoms with Crippen LogP contribution in [-0.4, -0.2) is 15.7 Å². The van der Waals surface area contributed by atoms with Crippen LogP contribution in [0.2, 0.25) is 0 Å². The lowest BCUT2D eigenvalue weighted by molar-refractivity contribution is 0.0723. The minimum atomic E-state index is -0.490. The average molecular weight is 245 g/mol. The molecule has 94 valence electrons. The van der Waals surface area contributed by atoms with Gasteiger partial charge in [0.05, 0.1) is 11.9 Å². The number of rotatable bonds is 3. The number of nitrogens with zero attached hydrogens (tertiary/aromatic N) is 2. The highest BCUT2D eigenvalue weighted by molar-refractivity contribution is 5.94. The zero-order chi connectivity index (χ0) is 13.1. The molecule has 0 saturated heterocycles. The smallest absolute Gasteiger partial charge is 0.364 e. The summed E-state index contributed by atoms with van der Waals surface area (Å²) in [6, 6.07) is 7.25. The summed E-state index contributed by atoms with van der Waals surface area (Å²) < 4.78 is 6.78. The van der Waals surface area contributed by atoms with Gasteiger partial charge in [0.25, 0.3) is 0 Å². The summed E-state index contributed by atoms with van der Waals surface area (Å²) in [5.74, 6) is 0.00422. The molecule has 18 heavy (non-hydrogen) atoms. The molecule has 0 aliphatic heterocycles. The summed E-state index contributed by atoms with van der Waals surface area (Å²) in [6.45, 7) is 4.42. The van der Waals surface area contributed by atoms with E-state index in [0.717, 1.165) is 5.56 Å². The Hall–Kier alpha value is -2.30. The molecule has 0 unspecified atom stereocenters. The molecule has 0 amide bonds. The molecular weight excluding hydrogens is 230 g/mol. The molecule has 0 saturated carbocycles. The number of aromatic nitrogens is 2. The van der Waals surface area contributed by atoms with Crippen LogP contribution in [0.25, 0.3) is 0 Å². The predicted octanol–water partition coefficient (Wildman–Crippen LogP) is 2.01. The van der Waals surface area contributed by atoms with Crippen LogP contribution in [0, 0.1) is 6.92 Å². The van der Waals surface area contributed by atoms with Gasteiger partial charge in [-0.15, -0.1) is 0 Å². The zero-order valence-electron chi connectivity index (χ0n) is 10.4. The van der Waals surface area contributed by atoms with Crippen LogP contribution < -0.4 is 10.5 Å². The number of aryl methyl sites for hydroxylation is 2. The Labute approximate surface area is 105 Å². The van der Waals surface area contributed by atoms with Crippen LogP contribution >= 0.6 is 0 Å². The maximum atomic E-state index is 12.0. The van der Waals surface area contributed by atoms with Gasteiger partial charge in [0.1, 0.15) is 5.75 Å². The first-order valence-electron chi connectivity index (χ1n) is 5.72. The maximum Gasteiger partial charge on any atom is 0.364 e. The summed E-state index contributed by atoms with van der Waals surface area (Å²) in [5.41, 5.74) is 7.43. The Morgan fingerprint density at radius 2 is 2.06 bits per heavy atom. The van der Waals surface area contributed by atoms with E-state index in [1.807, 2.05) is 26.0 Å². The van der Waals surface area contributed by atoms with Crippen LogP contribution in [0.1, 0.15) is 23.0 Å². The third-order valence-electron chi connectivity index (χ3n) is 2.59. The molecule has 5 nitrogen and oxygen atoms in total. The van der Waals surface area contributed by atoms with E-state index in [-0.39, 0.29) is 5.69 Å². The van der Waals surface area contributed by atoms with Crippen molar-refractivity contribution in [2.24, 2.45) is 0 Å². The number of esters is 1. The Bertz CT molecular complexity index is 558. The summed E-state index contributed by atoms with van der Waals surface area (Å²) >= 11 is 0. The van der Waals surface area contributed by atoms with Crippen molar-refractivity contribution < 1.29 is 9.53 Å². The van der Waals surface area contributed by atoms with Crippen molar-refractivity contribution in [1.29, 1.82) is 0 Å². The Morgan fingerprint density at radius 3 is 2.67 bits per heavy atom. The molecule has 0 spiro atoms. The monoisotopic (exact) mass is 245 g/mol. The summed E-state index contributed by atoms with van der Waals surface area (Å²) in [5, 5.41) is 4.00. The molecule has 0 fully saturated rings. The van der Waals surface area contributed by atoms with E-state index in [1.165, 1.54) is 10.9 Å². The van der Waals surface area contributed by atoms with Gasteiger partial charge in [0, 0.05) is 6.54 Å². The van der Waals surface area contributed by atoms with Gasteiger partial charge in [-0.3, -0.25) is 4.68 Å². The predicted molar refractivity (Wildman–Crippen MR) is 68.5 cm³/mol. The van der Waals surface area contributed by atoms with Crippen molar-refractivity contribution in [3.05, 3.63) is 41.7 Å². The standard InChI is InChI=1S/C13H15N3O2/c1-3-16-12(11(14)8-15-16)13(17)18-10-6-4-9(2)5-7-10/h4-8H,3,14H2,1-2H3. The number of ether oxygens (including phenoxy) is 1. The van der Waals surface area contributed by atoms with E-state index in [4.69, 9.17) is 10.5 Å². The van der Waals surface area contributed by atoms with Crippen molar-refractivity contribution in [3.8, 4) is 5.75 Å². The van der Waals surface area contributed by atoms with E-state index in [1.54, 1.807) is 12.1 Å². The van der Waals surface area contributed by atoms with Gasteiger partial charge in [0.15, 0.2) is 5.69 Å². The summed E-state index contributed by atoms with van der Waals surface area (Å²) in [7, 11) is 0. The average Bonchev–Trinajstić information content (AvgIpc) is 2.73. The molecule has 2 aromatic rings. The third kappa shape index (κ3) is 2.34. The highest BCUT2D eigenvalue weighted by atomic mass is 16.5. The number of nitrogen functional groups attached to an aromatic ring is 1. The first kappa shape index (κ1) is 12.2.